The molecule has 1 aromatic rings. The highest BCUT2D eigenvalue weighted by atomic mass is 16.3. The van der Waals surface area contributed by atoms with Crippen molar-refractivity contribution in [2.75, 3.05) is 0 Å². The van der Waals surface area contributed by atoms with Gasteiger partial charge in [-0.15, -0.1) is 0 Å². The molecule has 23 heavy (non-hydrogen) atoms. The number of aliphatic hydroxyl groups excluding tert-OH is 1. The van der Waals surface area contributed by atoms with Crippen LogP contribution in [0.4, 0.5) is 0 Å². The van der Waals surface area contributed by atoms with Gasteiger partial charge in [0.25, 0.3) is 0 Å². The van der Waals surface area contributed by atoms with Gasteiger partial charge in [0, 0.05) is 0 Å². The summed E-state index contributed by atoms with van der Waals surface area (Å²) in [5, 5.41) is 20.5. The lowest BCUT2D eigenvalue weighted by Gasteiger charge is -2.51. The average molecular weight is 314 g/mol. The Morgan fingerprint density at radius 1 is 1.22 bits per heavy atom. The van der Waals surface area contributed by atoms with Crippen LogP contribution in [0.3, 0.4) is 0 Å². The van der Waals surface area contributed by atoms with Gasteiger partial charge in [0.2, 0.25) is 0 Å². The Morgan fingerprint density at radius 2 is 2.00 bits per heavy atom. The van der Waals surface area contributed by atoms with Gasteiger partial charge in [0.05, 0.1) is 6.10 Å². The van der Waals surface area contributed by atoms with Gasteiger partial charge in [-0.3, -0.25) is 0 Å². The maximum Gasteiger partial charge on any atom is 0.115 e. The van der Waals surface area contributed by atoms with Crippen molar-refractivity contribution in [1.82, 2.24) is 0 Å². The maximum atomic E-state index is 10.7. The normalized spacial score (nSPS) is 42.2. The second-order valence-corrected chi connectivity index (χ2v) is 9.00. The third kappa shape index (κ3) is 2.25. The molecule has 6 atom stereocenters. The van der Waals surface area contributed by atoms with E-state index < -0.39 is 0 Å². The van der Waals surface area contributed by atoms with Crippen LogP contribution in [0.15, 0.2) is 18.2 Å². The molecule has 2 saturated carbocycles. The second kappa shape index (κ2) is 5.24. The number of benzene rings is 1. The van der Waals surface area contributed by atoms with E-state index in [1.807, 2.05) is 12.1 Å². The van der Waals surface area contributed by atoms with E-state index >= 15 is 0 Å². The second-order valence-electron chi connectivity index (χ2n) is 9.00. The zero-order valence-electron chi connectivity index (χ0n) is 14.6. The summed E-state index contributed by atoms with van der Waals surface area (Å²) in [6.07, 6.45) is 5.65. The van der Waals surface area contributed by atoms with E-state index in [2.05, 4.69) is 26.8 Å². The molecule has 126 valence electrons. The molecular weight excluding hydrogens is 284 g/mol. The van der Waals surface area contributed by atoms with E-state index in [1.54, 1.807) is 0 Å². The fourth-order valence-corrected chi connectivity index (χ4v) is 6.59. The molecule has 0 aromatic heterocycles. The third-order valence-corrected chi connectivity index (χ3v) is 7.39. The van der Waals surface area contributed by atoms with E-state index in [1.165, 1.54) is 30.4 Å². The van der Waals surface area contributed by atoms with E-state index in [0.29, 0.717) is 40.8 Å². The number of fused-ring (bicyclic) bond motifs is 5. The fraction of sp³-hybridized carbons (Fsp3) is 0.714. The molecule has 3 aliphatic carbocycles. The van der Waals surface area contributed by atoms with Gasteiger partial charge in [0.1, 0.15) is 5.75 Å². The molecule has 0 radical (unpaired) electrons. The van der Waals surface area contributed by atoms with Gasteiger partial charge in [-0.25, -0.2) is 0 Å². The minimum Gasteiger partial charge on any atom is -0.508 e. The molecule has 0 unspecified atom stereocenters. The highest BCUT2D eigenvalue weighted by Gasteiger charge is 2.57. The van der Waals surface area contributed by atoms with Crippen LogP contribution < -0.4 is 0 Å². The number of aliphatic hydroxyl groups is 1. The Bertz CT molecular complexity index is 608. The number of aryl methyl sites for hydroxylation is 1. The summed E-state index contributed by atoms with van der Waals surface area (Å²) < 4.78 is 0. The lowest BCUT2D eigenvalue weighted by atomic mass is 9.53. The molecule has 0 heterocycles. The van der Waals surface area contributed by atoms with Gasteiger partial charge < -0.3 is 10.2 Å². The van der Waals surface area contributed by atoms with Crippen LogP contribution >= 0.6 is 0 Å². The Hall–Kier alpha value is -1.02. The van der Waals surface area contributed by atoms with E-state index in [0.717, 1.165) is 12.8 Å². The summed E-state index contributed by atoms with van der Waals surface area (Å²) >= 11 is 0. The summed E-state index contributed by atoms with van der Waals surface area (Å²) in [5.74, 6) is 3.39. The van der Waals surface area contributed by atoms with Crippen LogP contribution in [0.1, 0.15) is 63.5 Å². The highest BCUT2D eigenvalue weighted by molar-refractivity contribution is 5.40. The monoisotopic (exact) mass is 314 g/mol. The Kier molecular flexibility index (Phi) is 3.53. The Labute approximate surface area is 139 Å². The van der Waals surface area contributed by atoms with E-state index in [9.17, 15) is 10.2 Å². The number of rotatable bonds is 1. The first kappa shape index (κ1) is 15.5. The van der Waals surface area contributed by atoms with E-state index in [-0.39, 0.29) is 6.10 Å². The average Bonchev–Trinajstić information content (AvgIpc) is 2.77. The Balaban J connectivity index is 1.73. The summed E-state index contributed by atoms with van der Waals surface area (Å²) in [4.78, 5) is 0. The molecule has 1 aromatic carbocycles. The van der Waals surface area contributed by atoms with Crippen LogP contribution in [0.25, 0.3) is 0 Å². The van der Waals surface area contributed by atoms with Crippen molar-refractivity contribution in [2.24, 2.45) is 29.1 Å². The molecule has 2 nitrogen and oxygen atoms in total. The summed E-state index contributed by atoms with van der Waals surface area (Å²) in [6, 6.07) is 6.00. The van der Waals surface area contributed by atoms with Crippen LogP contribution in [-0.2, 0) is 6.42 Å². The summed E-state index contributed by atoms with van der Waals surface area (Å²) in [7, 11) is 0. The minimum absolute atomic E-state index is 0.120. The number of hydrogen-bond donors (Lipinski definition) is 2. The molecular formula is C21H30O2. The fourth-order valence-electron chi connectivity index (χ4n) is 6.59. The number of aromatic hydroxyl groups is 1. The topological polar surface area (TPSA) is 40.5 Å². The molecule has 0 aliphatic heterocycles. The van der Waals surface area contributed by atoms with Crippen LogP contribution in [0.2, 0.25) is 0 Å². The predicted molar refractivity (Wildman–Crippen MR) is 92.4 cm³/mol. The lowest BCUT2D eigenvalue weighted by molar-refractivity contribution is 0.0121. The molecule has 0 spiro atoms. The maximum absolute atomic E-state index is 10.7. The van der Waals surface area contributed by atoms with E-state index in [4.69, 9.17) is 0 Å². The van der Waals surface area contributed by atoms with Gasteiger partial charge in [-0.05, 0) is 90.4 Å². The van der Waals surface area contributed by atoms with Crippen molar-refractivity contribution in [1.29, 1.82) is 0 Å². The predicted octanol–water partition coefficient (Wildman–Crippen LogP) is 4.49. The molecule has 0 saturated heterocycles. The van der Waals surface area contributed by atoms with Crippen LogP contribution in [-0.4, -0.2) is 16.3 Å². The number of hydrogen-bond acceptors (Lipinski definition) is 2. The quantitative estimate of drug-likeness (QED) is 0.801. The first-order valence-electron chi connectivity index (χ1n) is 9.40. The lowest BCUT2D eigenvalue weighted by Crippen LogP contribution is -2.43. The van der Waals surface area contributed by atoms with Crippen LogP contribution in [0, 0.1) is 29.1 Å². The molecule has 2 N–H and O–H groups in total. The van der Waals surface area contributed by atoms with Crippen molar-refractivity contribution in [3.63, 3.8) is 0 Å². The summed E-state index contributed by atoms with van der Waals surface area (Å²) in [5.41, 5.74) is 3.16. The van der Waals surface area contributed by atoms with Crippen molar-refractivity contribution in [2.45, 2.75) is 64.9 Å². The van der Waals surface area contributed by atoms with Crippen molar-refractivity contribution < 1.29 is 10.2 Å². The molecule has 0 bridgehead atoms. The SMILES string of the molecule is CC(C)[C@H]1[C@H]2[C@@H]3CCc4cc(O)ccc4[C@H]3CC[C@]2(C)C[C@H]1O. The smallest absolute Gasteiger partial charge is 0.115 e. The molecule has 2 fully saturated rings. The van der Waals surface area contributed by atoms with Gasteiger partial charge in [0.15, 0.2) is 0 Å². The first-order chi connectivity index (χ1) is 10.9. The third-order valence-electron chi connectivity index (χ3n) is 7.39. The first-order valence-corrected chi connectivity index (χ1v) is 9.40. The number of phenols is 1. The molecule has 2 heteroatoms. The zero-order valence-corrected chi connectivity index (χ0v) is 14.6. The van der Waals surface area contributed by atoms with Crippen molar-refractivity contribution in [3.8, 4) is 5.75 Å². The van der Waals surface area contributed by atoms with Gasteiger partial charge in [-0.2, -0.15) is 0 Å². The Morgan fingerprint density at radius 3 is 2.74 bits per heavy atom. The zero-order chi connectivity index (χ0) is 16.4. The van der Waals surface area contributed by atoms with Crippen molar-refractivity contribution in [3.05, 3.63) is 29.3 Å². The van der Waals surface area contributed by atoms with Gasteiger partial charge in [-0.1, -0.05) is 26.8 Å². The standard InChI is InChI=1S/C21H30O2/c1-12(2)19-18(23)11-21(3)9-8-16-15-7-5-14(22)10-13(15)4-6-17(16)20(19)21/h5,7,10,12,16-20,22-23H,4,6,8-9,11H2,1-3H3/t16-,17-,18-,19-,20-,21-/m1/s1. The van der Waals surface area contributed by atoms with Crippen molar-refractivity contribution >= 4 is 0 Å². The molecule has 4 rings (SSSR count). The summed E-state index contributed by atoms with van der Waals surface area (Å²) in [6.45, 7) is 7.02. The largest absolute Gasteiger partial charge is 0.508 e. The molecule has 3 aliphatic rings. The molecule has 0 amide bonds. The van der Waals surface area contributed by atoms with Gasteiger partial charge >= 0.3 is 0 Å². The number of phenolic OH excluding ortho intramolecular Hbond substituents is 1. The minimum atomic E-state index is -0.120. The van der Waals surface area contributed by atoms with Crippen LogP contribution in [0.5, 0.6) is 5.75 Å². The highest BCUT2D eigenvalue weighted by Crippen LogP contribution is 2.63.